The standard InChI is InChI=1S/C16H16N4/c17-20-15(16-18-9-4-10-19-16)11-13-7-3-6-12-5-1-2-8-14(12)13/h1-10,15,20H,11,17H2. The van der Waals surface area contributed by atoms with E-state index in [0.717, 1.165) is 6.42 Å². The Bertz CT molecular complexity index is 692. The summed E-state index contributed by atoms with van der Waals surface area (Å²) in [6.45, 7) is 0. The van der Waals surface area contributed by atoms with Crippen molar-refractivity contribution in [1.82, 2.24) is 15.4 Å². The molecule has 100 valence electrons. The summed E-state index contributed by atoms with van der Waals surface area (Å²) in [5, 5.41) is 2.47. The molecule has 0 aliphatic rings. The van der Waals surface area contributed by atoms with E-state index in [1.165, 1.54) is 16.3 Å². The SMILES string of the molecule is NNC(Cc1cccc2ccccc12)c1ncccn1. The normalized spacial score (nSPS) is 12.4. The van der Waals surface area contributed by atoms with Crippen molar-refractivity contribution in [3.05, 3.63) is 72.3 Å². The first-order valence-corrected chi connectivity index (χ1v) is 6.58. The molecule has 1 heterocycles. The highest BCUT2D eigenvalue weighted by atomic mass is 15.2. The van der Waals surface area contributed by atoms with Gasteiger partial charge in [-0.3, -0.25) is 5.84 Å². The molecule has 1 unspecified atom stereocenters. The lowest BCUT2D eigenvalue weighted by atomic mass is 9.98. The van der Waals surface area contributed by atoms with E-state index in [0.29, 0.717) is 5.82 Å². The van der Waals surface area contributed by atoms with Crippen molar-refractivity contribution in [2.45, 2.75) is 12.5 Å². The molecule has 0 amide bonds. The number of hydrogen-bond donors (Lipinski definition) is 2. The van der Waals surface area contributed by atoms with Crippen LogP contribution in [0.3, 0.4) is 0 Å². The minimum atomic E-state index is -0.0954. The molecule has 1 atom stereocenters. The maximum Gasteiger partial charge on any atom is 0.146 e. The van der Waals surface area contributed by atoms with Crippen molar-refractivity contribution >= 4 is 10.8 Å². The van der Waals surface area contributed by atoms with Gasteiger partial charge in [-0.05, 0) is 28.8 Å². The van der Waals surface area contributed by atoms with Crippen molar-refractivity contribution < 1.29 is 0 Å². The summed E-state index contributed by atoms with van der Waals surface area (Å²) in [6.07, 6.45) is 4.22. The largest absolute Gasteiger partial charge is 0.271 e. The van der Waals surface area contributed by atoms with E-state index in [4.69, 9.17) is 5.84 Å². The van der Waals surface area contributed by atoms with Gasteiger partial charge in [-0.2, -0.15) is 0 Å². The van der Waals surface area contributed by atoms with Crippen LogP contribution in [0.15, 0.2) is 60.9 Å². The Kier molecular flexibility index (Phi) is 3.67. The van der Waals surface area contributed by atoms with Gasteiger partial charge in [0.1, 0.15) is 5.82 Å². The monoisotopic (exact) mass is 264 g/mol. The third-order valence-electron chi connectivity index (χ3n) is 3.40. The van der Waals surface area contributed by atoms with Gasteiger partial charge in [0.15, 0.2) is 0 Å². The molecule has 0 radical (unpaired) electrons. The zero-order chi connectivity index (χ0) is 13.8. The molecule has 0 saturated carbocycles. The van der Waals surface area contributed by atoms with Crippen molar-refractivity contribution in [2.75, 3.05) is 0 Å². The van der Waals surface area contributed by atoms with E-state index in [2.05, 4.69) is 51.8 Å². The molecule has 0 fully saturated rings. The average Bonchev–Trinajstić information content (AvgIpc) is 2.53. The molecule has 1 aromatic heterocycles. The average molecular weight is 264 g/mol. The number of benzene rings is 2. The van der Waals surface area contributed by atoms with Gasteiger partial charge >= 0.3 is 0 Å². The Morgan fingerprint density at radius 2 is 1.70 bits per heavy atom. The Morgan fingerprint density at radius 3 is 2.50 bits per heavy atom. The van der Waals surface area contributed by atoms with Gasteiger partial charge in [0, 0.05) is 12.4 Å². The maximum absolute atomic E-state index is 5.67. The smallest absolute Gasteiger partial charge is 0.146 e. The summed E-state index contributed by atoms with van der Waals surface area (Å²) in [4.78, 5) is 8.55. The highest BCUT2D eigenvalue weighted by molar-refractivity contribution is 5.85. The summed E-state index contributed by atoms with van der Waals surface area (Å²) < 4.78 is 0. The molecule has 0 spiro atoms. The van der Waals surface area contributed by atoms with Crippen molar-refractivity contribution in [1.29, 1.82) is 0 Å². The highest BCUT2D eigenvalue weighted by Crippen LogP contribution is 2.22. The summed E-state index contributed by atoms with van der Waals surface area (Å²) >= 11 is 0. The summed E-state index contributed by atoms with van der Waals surface area (Å²) in [6, 6.07) is 16.3. The molecule has 4 nitrogen and oxygen atoms in total. The van der Waals surface area contributed by atoms with Crippen LogP contribution in [-0.4, -0.2) is 9.97 Å². The van der Waals surface area contributed by atoms with Gasteiger partial charge in [0.2, 0.25) is 0 Å². The number of aromatic nitrogens is 2. The Balaban J connectivity index is 1.96. The van der Waals surface area contributed by atoms with Crippen LogP contribution in [0.1, 0.15) is 17.4 Å². The van der Waals surface area contributed by atoms with Gasteiger partial charge < -0.3 is 0 Å². The zero-order valence-corrected chi connectivity index (χ0v) is 11.0. The first-order chi connectivity index (χ1) is 9.88. The first-order valence-electron chi connectivity index (χ1n) is 6.58. The molecule has 0 aliphatic heterocycles. The number of nitrogens with two attached hydrogens (primary N) is 1. The van der Waals surface area contributed by atoms with Gasteiger partial charge in [-0.25, -0.2) is 15.4 Å². The minimum absolute atomic E-state index is 0.0954. The fourth-order valence-corrected chi connectivity index (χ4v) is 2.41. The van der Waals surface area contributed by atoms with Crippen LogP contribution in [0.4, 0.5) is 0 Å². The number of hydrazine groups is 1. The molecule has 0 bridgehead atoms. The van der Waals surface area contributed by atoms with Gasteiger partial charge in [0.05, 0.1) is 6.04 Å². The summed E-state index contributed by atoms with van der Waals surface area (Å²) in [5.74, 6) is 6.38. The summed E-state index contributed by atoms with van der Waals surface area (Å²) in [5.41, 5.74) is 4.04. The fourth-order valence-electron chi connectivity index (χ4n) is 2.41. The van der Waals surface area contributed by atoms with E-state index < -0.39 is 0 Å². The second kappa shape index (κ2) is 5.77. The Labute approximate surface area is 117 Å². The van der Waals surface area contributed by atoms with Gasteiger partial charge in [-0.15, -0.1) is 0 Å². The third-order valence-corrected chi connectivity index (χ3v) is 3.40. The highest BCUT2D eigenvalue weighted by Gasteiger charge is 2.14. The minimum Gasteiger partial charge on any atom is -0.271 e. The lowest BCUT2D eigenvalue weighted by molar-refractivity contribution is 0.524. The molecule has 4 heteroatoms. The zero-order valence-electron chi connectivity index (χ0n) is 11.0. The molecule has 0 saturated heterocycles. The number of nitrogens with zero attached hydrogens (tertiary/aromatic N) is 2. The van der Waals surface area contributed by atoms with Crippen LogP contribution < -0.4 is 11.3 Å². The fraction of sp³-hybridized carbons (Fsp3) is 0.125. The Morgan fingerprint density at radius 1 is 0.950 bits per heavy atom. The molecule has 20 heavy (non-hydrogen) atoms. The number of rotatable bonds is 4. The molecule has 0 aliphatic carbocycles. The van der Waals surface area contributed by atoms with E-state index in [1.54, 1.807) is 18.5 Å². The van der Waals surface area contributed by atoms with Gasteiger partial charge in [-0.1, -0.05) is 42.5 Å². The van der Waals surface area contributed by atoms with E-state index >= 15 is 0 Å². The number of hydrogen-bond acceptors (Lipinski definition) is 4. The van der Waals surface area contributed by atoms with Crippen LogP contribution in [0.5, 0.6) is 0 Å². The first kappa shape index (κ1) is 12.7. The predicted octanol–water partition coefficient (Wildman–Crippen LogP) is 2.38. The lowest BCUT2D eigenvalue weighted by Gasteiger charge is -2.15. The second-order valence-electron chi connectivity index (χ2n) is 4.67. The van der Waals surface area contributed by atoms with Crippen LogP contribution in [-0.2, 0) is 6.42 Å². The second-order valence-corrected chi connectivity index (χ2v) is 4.67. The van der Waals surface area contributed by atoms with E-state index in [9.17, 15) is 0 Å². The Hall–Kier alpha value is -2.30. The summed E-state index contributed by atoms with van der Waals surface area (Å²) in [7, 11) is 0. The lowest BCUT2D eigenvalue weighted by Crippen LogP contribution is -2.31. The van der Waals surface area contributed by atoms with Crippen LogP contribution >= 0.6 is 0 Å². The van der Waals surface area contributed by atoms with Crippen LogP contribution in [0.25, 0.3) is 10.8 Å². The van der Waals surface area contributed by atoms with Gasteiger partial charge in [0.25, 0.3) is 0 Å². The predicted molar refractivity (Wildman–Crippen MR) is 79.7 cm³/mol. The molecule has 3 aromatic rings. The third kappa shape index (κ3) is 2.52. The quantitative estimate of drug-likeness (QED) is 0.561. The molecule has 3 N–H and O–H groups in total. The van der Waals surface area contributed by atoms with E-state index in [1.807, 2.05) is 6.07 Å². The molecule has 3 rings (SSSR count). The van der Waals surface area contributed by atoms with Crippen molar-refractivity contribution in [3.8, 4) is 0 Å². The molecule has 2 aromatic carbocycles. The van der Waals surface area contributed by atoms with Crippen LogP contribution in [0.2, 0.25) is 0 Å². The van der Waals surface area contributed by atoms with E-state index in [-0.39, 0.29) is 6.04 Å². The molecular formula is C16H16N4. The van der Waals surface area contributed by atoms with Crippen molar-refractivity contribution in [3.63, 3.8) is 0 Å². The maximum atomic E-state index is 5.67. The topological polar surface area (TPSA) is 63.8 Å². The van der Waals surface area contributed by atoms with Crippen LogP contribution in [0, 0.1) is 0 Å². The molecular weight excluding hydrogens is 248 g/mol. The number of fused-ring (bicyclic) bond motifs is 1. The number of nitrogens with one attached hydrogen (secondary N) is 1. The van der Waals surface area contributed by atoms with Crippen molar-refractivity contribution in [2.24, 2.45) is 5.84 Å².